The number of ether oxygens (including phenoxy) is 1. The summed E-state index contributed by atoms with van der Waals surface area (Å²) in [5, 5.41) is 3.63. The van der Waals surface area contributed by atoms with Crippen molar-refractivity contribution in [2.45, 2.75) is 39.7 Å². The van der Waals surface area contributed by atoms with Crippen molar-refractivity contribution in [1.82, 2.24) is 5.32 Å². The van der Waals surface area contributed by atoms with E-state index in [1.54, 1.807) is 7.11 Å². The van der Waals surface area contributed by atoms with Crippen LogP contribution in [0.4, 0.5) is 0 Å². The summed E-state index contributed by atoms with van der Waals surface area (Å²) in [6, 6.07) is 4.96. The van der Waals surface area contributed by atoms with Crippen LogP contribution in [0.5, 0.6) is 5.75 Å². The van der Waals surface area contributed by atoms with E-state index in [1.807, 2.05) is 0 Å². The summed E-state index contributed by atoms with van der Waals surface area (Å²) in [5.41, 5.74) is 4.00. The summed E-state index contributed by atoms with van der Waals surface area (Å²) in [5.74, 6) is 1.82. The Morgan fingerprint density at radius 3 is 2.65 bits per heavy atom. The Kier molecular flexibility index (Phi) is 3.72. The lowest BCUT2D eigenvalue weighted by atomic mass is 9.87. The molecule has 0 bridgehead atoms. The van der Waals surface area contributed by atoms with E-state index in [0.29, 0.717) is 6.04 Å². The lowest BCUT2D eigenvalue weighted by molar-refractivity contribution is 0.324. The van der Waals surface area contributed by atoms with Gasteiger partial charge in [-0.15, -0.1) is 0 Å². The van der Waals surface area contributed by atoms with Crippen LogP contribution in [0.25, 0.3) is 0 Å². The number of benzene rings is 1. The number of rotatable bonds is 2. The van der Waals surface area contributed by atoms with Gasteiger partial charge in [0.25, 0.3) is 0 Å². The van der Waals surface area contributed by atoms with Gasteiger partial charge in [-0.2, -0.15) is 0 Å². The number of methoxy groups -OCH3 is 1. The fraction of sp³-hybridized carbons (Fsp3) is 0.600. The molecule has 94 valence electrons. The van der Waals surface area contributed by atoms with Crippen LogP contribution in [0.1, 0.15) is 42.5 Å². The van der Waals surface area contributed by atoms with Crippen molar-refractivity contribution < 1.29 is 4.74 Å². The van der Waals surface area contributed by atoms with Crippen LogP contribution in [0, 0.1) is 19.8 Å². The second-order valence-corrected chi connectivity index (χ2v) is 5.31. The Morgan fingerprint density at radius 2 is 2.00 bits per heavy atom. The van der Waals surface area contributed by atoms with Gasteiger partial charge in [-0.1, -0.05) is 13.0 Å². The average Bonchev–Trinajstić information content (AvgIpc) is 2.31. The third-order valence-electron chi connectivity index (χ3n) is 3.82. The molecule has 2 heteroatoms. The Labute approximate surface area is 104 Å². The van der Waals surface area contributed by atoms with Gasteiger partial charge in [-0.3, -0.25) is 0 Å². The second kappa shape index (κ2) is 5.09. The fourth-order valence-electron chi connectivity index (χ4n) is 2.75. The molecule has 1 aromatic rings. The highest BCUT2D eigenvalue weighted by Crippen LogP contribution is 2.32. The first-order chi connectivity index (χ1) is 8.11. The minimum Gasteiger partial charge on any atom is -0.496 e. The van der Waals surface area contributed by atoms with Crippen LogP contribution in [0.15, 0.2) is 12.1 Å². The van der Waals surface area contributed by atoms with Crippen molar-refractivity contribution in [3.05, 3.63) is 28.8 Å². The smallest absolute Gasteiger partial charge is 0.122 e. The minimum absolute atomic E-state index is 0.517. The van der Waals surface area contributed by atoms with Gasteiger partial charge >= 0.3 is 0 Å². The average molecular weight is 233 g/mol. The molecule has 2 unspecified atom stereocenters. The second-order valence-electron chi connectivity index (χ2n) is 5.31. The molecule has 2 atom stereocenters. The molecule has 1 aromatic carbocycles. The SMILES string of the molecule is COc1cc(C)c(C2CC(C)CCN2)cc1C. The molecule has 1 aliphatic heterocycles. The Bertz CT molecular complexity index is 400. The van der Waals surface area contributed by atoms with Gasteiger partial charge < -0.3 is 10.1 Å². The van der Waals surface area contributed by atoms with Gasteiger partial charge in [0.1, 0.15) is 5.75 Å². The number of hydrogen-bond acceptors (Lipinski definition) is 2. The molecule has 1 N–H and O–H groups in total. The molecule has 2 rings (SSSR count). The van der Waals surface area contributed by atoms with E-state index in [4.69, 9.17) is 4.74 Å². The molecule has 1 fully saturated rings. The van der Waals surface area contributed by atoms with Crippen molar-refractivity contribution >= 4 is 0 Å². The van der Waals surface area contributed by atoms with Gasteiger partial charge in [-0.25, -0.2) is 0 Å². The molecule has 0 radical (unpaired) electrons. The van der Waals surface area contributed by atoms with Crippen LogP contribution < -0.4 is 10.1 Å². The number of aryl methyl sites for hydroxylation is 2. The Morgan fingerprint density at radius 1 is 1.24 bits per heavy atom. The van der Waals surface area contributed by atoms with Gasteiger partial charge in [0.2, 0.25) is 0 Å². The van der Waals surface area contributed by atoms with Crippen LogP contribution in [-0.4, -0.2) is 13.7 Å². The van der Waals surface area contributed by atoms with Gasteiger partial charge in [0.15, 0.2) is 0 Å². The first-order valence-electron chi connectivity index (χ1n) is 6.50. The van der Waals surface area contributed by atoms with E-state index in [9.17, 15) is 0 Å². The predicted octanol–water partition coefficient (Wildman–Crippen LogP) is 3.37. The zero-order valence-electron chi connectivity index (χ0n) is 11.3. The monoisotopic (exact) mass is 233 g/mol. The van der Waals surface area contributed by atoms with Crippen molar-refractivity contribution in [2.75, 3.05) is 13.7 Å². The third-order valence-corrected chi connectivity index (χ3v) is 3.82. The molecule has 0 saturated carbocycles. The first-order valence-corrected chi connectivity index (χ1v) is 6.50. The zero-order chi connectivity index (χ0) is 12.4. The minimum atomic E-state index is 0.517. The molecule has 0 aliphatic carbocycles. The highest BCUT2D eigenvalue weighted by atomic mass is 16.5. The van der Waals surface area contributed by atoms with Gasteiger partial charge in [-0.05, 0) is 61.9 Å². The summed E-state index contributed by atoms with van der Waals surface area (Å²) in [7, 11) is 1.74. The van der Waals surface area contributed by atoms with Crippen molar-refractivity contribution in [3.63, 3.8) is 0 Å². The Hall–Kier alpha value is -1.02. The topological polar surface area (TPSA) is 21.3 Å². The molecule has 1 heterocycles. The third kappa shape index (κ3) is 2.63. The number of hydrogen-bond donors (Lipinski definition) is 1. The van der Waals surface area contributed by atoms with E-state index in [0.717, 1.165) is 18.2 Å². The van der Waals surface area contributed by atoms with Crippen LogP contribution in [-0.2, 0) is 0 Å². The lowest BCUT2D eigenvalue weighted by Gasteiger charge is -2.30. The largest absolute Gasteiger partial charge is 0.496 e. The van der Waals surface area contributed by atoms with Crippen molar-refractivity contribution in [1.29, 1.82) is 0 Å². The molecule has 0 aromatic heterocycles. The van der Waals surface area contributed by atoms with Crippen molar-refractivity contribution in [3.8, 4) is 5.75 Å². The maximum absolute atomic E-state index is 5.37. The van der Waals surface area contributed by atoms with Crippen LogP contribution in [0.2, 0.25) is 0 Å². The molecule has 1 saturated heterocycles. The summed E-state index contributed by atoms with van der Waals surface area (Å²) in [6.07, 6.45) is 2.54. The summed E-state index contributed by atoms with van der Waals surface area (Å²) in [4.78, 5) is 0. The molecular weight excluding hydrogens is 210 g/mol. The van der Waals surface area contributed by atoms with Gasteiger partial charge in [0, 0.05) is 6.04 Å². The van der Waals surface area contributed by atoms with Crippen LogP contribution in [0.3, 0.4) is 0 Å². The molecule has 0 amide bonds. The van der Waals surface area contributed by atoms with Crippen LogP contribution >= 0.6 is 0 Å². The van der Waals surface area contributed by atoms with E-state index >= 15 is 0 Å². The standard InChI is InChI=1S/C15H23NO/c1-10-5-6-16-14(7-10)13-8-12(3)15(17-4)9-11(13)2/h8-10,14,16H,5-7H2,1-4H3. The highest BCUT2D eigenvalue weighted by molar-refractivity contribution is 5.43. The van der Waals surface area contributed by atoms with E-state index < -0.39 is 0 Å². The molecular formula is C15H23NO. The van der Waals surface area contributed by atoms with Crippen molar-refractivity contribution in [2.24, 2.45) is 5.92 Å². The predicted molar refractivity (Wildman–Crippen MR) is 71.6 cm³/mol. The molecule has 1 aliphatic rings. The Balaban J connectivity index is 2.28. The lowest BCUT2D eigenvalue weighted by Crippen LogP contribution is -2.31. The molecule has 2 nitrogen and oxygen atoms in total. The summed E-state index contributed by atoms with van der Waals surface area (Å²) >= 11 is 0. The highest BCUT2D eigenvalue weighted by Gasteiger charge is 2.21. The number of nitrogens with one attached hydrogen (secondary N) is 1. The molecule has 0 spiro atoms. The van der Waals surface area contributed by atoms with E-state index in [-0.39, 0.29) is 0 Å². The van der Waals surface area contributed by atoms with E-state index in [1.165, 1.54) is 29.5 Å². The molecule has 17 heavy (non-hydrogen) atoms. The normalized spacial score (nSPS) is 24.7. The summed E-state index contributed by atoms with van der Waals surface area (Å²) < 4.78 is 5.37. The van der Waals surface area contributed by atoms with Gasteiger partial charge in [0.05, 0.1) is 7.11 Å². The maximum atomic E-state index is 5.37. The number of piperidine rings is 1. The fourth-order valence-corrected chi connectivity index (χ4v) is 2.75. The quantitative estimate of drug-likeness (QED) is 0.845. The summed E-state index contributed by atoms with van der Waals surface area (Å²) in [6.45, 7) is 7.78. The zero-order valence-corrected chi connectivity index (χ0v) is 11.3. The van der Waals surface area contributed by atoms with E-state index in [2.05, 4.69) is 38.2 Å². The first kappa shape index (κ1) is 12.4. The maximum Gasteiger partial charge on any atom is 0.122 e.